The summed E-state index contributed by atoms with van der Waals surface area (Å²) in [6.07, 6.45) is 3.93. The molecule has 0 bridgehead atoms. The highest BCUT2D eigenvalue weighted by molar-refractivity contribution is 9.11. The molecule has 1 unspecified atom stereocenters. The number of aromatic nitrogens is 2. The Balaban J connectivity index is 1.80. The number of aromatic amines is 2. The van der Waals surface area contributed by atoms with E-state index < -0.39 is 5.41 Å². The number of para-hydroxylation sites is 2. The van der Waals surface area contributed by atoms with Crippen molar-refractivity contribution in [1.82, 2.24) is 9.97 Å². The zero-order chi connectivity index (χ0) is 20.5. The van der Waals surface area contributed by atoms with Crippen molar-refractivity contribution in [3.05, 3.63) is 98.7 Å². The van der Waals surface area contributed by atoms with Gasteiger partial charge in [-0.25, -0.2) is 0 Å². The zero-order valence-electron chi connectivity index (χ0n) is 15.6. The predicted molar refractivity (Wildman–Crippen MR) is 127 cm³/mol. The lowest BCUT2D eigenvalue weighted by Crippen LogP contribution is -2.36. The number of hydrogen-bond donors (Lipinski definition) is 3. The molecule has 0 radical (unpaired) electrons. The van der Waals surface area contributed by atoms with Crippen molar-refractivity contribution in [2.24, 2.45) is 0 Å². The van der Waals surface area contributed by atoms with Crippen LogP contribution >= 0.6 is 31.9 Å². The molecule has 3 heterocycles. The largest absolute Gasteiger partial charge is 0.361 e. The van der Waals surface area contributed by atoms with Crippen LogP contribution in [-0.2, 0) is 10.2 Å². The molecule has 0 saturated heterocycles. The predicted octanol–water partition coefficient (Wildman–Crippen LogP) is 6.46. The van der Waals surface area contributed by atoms with Gasteiger partial charge in [0.05, 0.1) is 5.52 Å². The summed E-state index contributed by atoms with van der Waals surface area (Å²) in [6.45, 7) is 0. The van der Waals surface area contributed by atoms with Gasteiger partial charge in [-0.1, -0.05) is 46.3 Å². The second-order valence-electron chi connectivity index (χ2n) is 7.51. The molecule has 4 nitrogen and oxygen atoms in total. The van der Waals surface area contributed by atoms with E-state index in [4.69, 9.17) is 0 Å². The second-order valence-corrected chi connectivity index (χ2v) is 9.28. The Morgan fingerprint density at radius 1 is 0.767 bits per heavy atom. The molecule has 2 aromatic heterocycles. The first-order chi connectivity index (χ1) is 14.6. The smallest absolute Gasteiger partial charge is 0.244 e. The van der Waals surface area contributed by atoms with Crippen molar-refractivity contribution in [2.75, 3.05) is 5.32 Å². The number of carbonyl (C=O) groups excluding carboxylic acids is 1. The normalized spacial score (nSPS) is 18.1. The number of hydrogen-bond acceptors (Lipinski definition) is 1. The Labute approximate surface area is 188 Å². The number of anilines is 1. The number of carbonyl (C=O) groups is 1. The van der Waals surface area contributed by atoms with Gasteiger partial charge in [-0.15, -0.1) is 0 Å². The summed E-state index contributed by atoms with van der Waals surface area (Å²) in [5, 5.41) is 5.16. The van der Waals surface area contributed by atoms with E-state index in [1.54, 1.807) is 0 Å². The van der Waals surface area contributed by atoms with E-state index in [9.17, 15) is 4.79 Å². The lowest BCUT2D eigenvalue weighted by molar-refractivity contribution is -0.118. The van der Waals surface area contributed by atoms with Gasteiger partial charge in [-0.2, -0.15) is 0 Å². The second kappa shape index (κ2) is 6.33. The van der Waals surface area contributed by atoms with Crippen molar-refractivity contribution in [3.63, 3.8) is 0 Å². The molecule has 0 aliphatic carbocycles. The lowest BCUT2D eigenvalue weighted by atomic mass is 9.70. The average Bonchev–Trinajstić information content (AvgIpc) is 3.42. The molecule has 30 heavy (non-hydrogen) atoms. The molecule has 6 heteroatoms. The van der Waals surface area contributed by atoms with Gasteiger partial charge in [-0.3, -0.25) is 4.79 Å². The van der Waals surface area contributed by atoms with E-state index >= 15 is 0 Å². The zero-order valence-corrected chi connectivity index (χ0v) is 18.8. The van der Waals surface area contributed by atoms with E-state index in [0.717, 1.165) is 53.1 Å². The van der Waals surface area contributed by atoms with E-state index in [0.29, 0.717) is 0 Å². The van der Waals surface area contributed by atoms with Crippen LogP contribution in [0.15, 0.2) is 82.0 Å². The Hall–Kier alpha value is -2.83. The molecule has 1 atom stereocenters. The first kappa shape index (κ1) is 18.0. The molecule has 0 saturated carbocycles. The van der Waals surface area contributed by atoms with Crippen LogP contribution in [0.3, 0.4) is 0 Å². The third-order valence-electron chi connectivity index (χ3n) is 6.04. The number of benzene rings is 3. The van der Waals surface area contributed by atoms with Gasteiger partial charge in [0, 0.05) is 60.0 Å². The molecule has 3 N–H and O–H groups in total. The van der Waals surface area contributed by atoms with Crippen LogP contribution < -0.4 is 5.32 Å². The lowest BCUT2D eigenvalue weighted by Gasteiger charge is -2.27. The van der Waals surface area contributed by atoms with Crippen molar-refractivity contribution in [2.45, 2.75) is 5.41 Å². The van der Waals surface area contributed by atoms with Crippen molar-refractivity contribution < 1.29 is 4.79 Å². The van der Waals surface area contributed by atoms with Gasteiger partial charge in [-0.05, 0) is 46.3 Å². The molecular formula is C24H15Br2N3O. The molecule has 6 rings (SSSR count). The van der Waals surface area contributed by atoms with E-state index in [1.807, 2.05) is 60.9 Å². The average molecular weight is 521 g/mol. The highest BCUT2D eigenvalue weighted by Gasteiger charge is 2.52. The Morgan fingerprint density at radius 3 is 2.47 bits per heavy atom. The molecular weight excluding hydrogens is 506 g/mol. The molecule has 146 valence electrons. The fourth-order valence-electron chi connectivity index (χ4n) is 4.77. The molecule has 1 amide bonds. The molecule has 1 aliphatic rings. The Morgan fingerprint density at radius 2 is 1.57 bits per heavy atom. The minimum absolute atomic E-state index is 0.0505. The summed E-state index contributed by atoms with van der Waals surface area (Å²) in [6, 6.07) is 20.1. The van der Waals surface area contributed by atoms with Crippen molar-refractivity contribution in [1.29, 1.82) is 0 Å². The van der Waals surface area contributed by atoms with Crippen LogP contribution in [-0.4, -0.2) is 15.9 Å². The highest BCUT2D eigenvalue weighted by atomic mass is 79.9. The summed E-state index contributed by atoms with van der Waals surface area (Å²) >= 11 is 7.23. The third kappa shape index (κ3) is 2.23. The van der Waals surface area contributed by atoms with Gasteiger partial charge in [0.1, 0.15) is 5.41 Å². The molecule has 0 fully saturated rings. The van der Waals surface area contributed by atoms with Crippen LogP contribution in [0, 0.1) is 0 Å². The number of halogens is 2. The van der Waals surface area contributed by atoms with E-state index in [-0.39, 0.29) is 5.91 Å². The first-order valence-corrected chi connectivity index (χ1v) is 11.1. The number of fused-ring (bicyclic) bond motifs is 3. The first-order valence-electron chi connectivity index (χ1n) is 9.55. The van der Waals surface area contributed by atoms with Crippen LogP contribution in [0.25, 0.3) is 21.8 Å². The van der Waals surface area contributed by atoms with E-state index in [2.05, 4.69) is 59.3 Å². The minimum Gasteiger partial charge on any atom is -0.361 e. The fourth-order valence-corrected chi connectivity index (χ4v) is 5.61. The Bertz CT molecular complexity index is 1470. The fraction of sp³-hybridized carbons (Fsp3) is 0.0417. The monoisotopic (exact) mass is 519 g/mol. The summed E-state index contributed by atoms with van der Waals surface area (Å²) in [5.74, 6) is -0.0505. The summed E-state index contributed by atoms with van der Waals surface area (Å²) < 4.78 is 1.94. The van der Waals surface area contributed by atoms with Gasteiger partial charge in [0.25, 0.3) is 0 Å². The van der Waals surface area contributed by atoms with Gasteiger partial charge in [0.15, 0.2) is 0 Å². The Kier molecular flexibility index (Phi) is 3.80. The summed E-state index contributed by atoms with van der Waals surface area (Å²) in [5.41, 5.74) is 4.65. The van der Waals surface area contributed by atoms with Crippen molar-refractivity contribution in [3.8, 4) is 0 Å². The maximum Gasteiger partial charge on any atom is 0.244 e. The van der Waals surface area contributed by atoms with Crippen molar-refractivity contribution >= 4 is 65.3 Å². The van der Waals surface area contributed by atoms with Gasteiger partial charge >= 0.3 is 0 Å². The van der Waals surface area contributed by atoms with E-state index in [1.165, 1.54) is 0 Å². The third-order valence-corrected chi connectivity index (χ3v) is 7.19. The topological polar surface area (TPSA) is 60.7 Å². The quantitative estimate of drug-likeness (QED) is 0.246. The summed E-state index contributed by atoms with van der Waals surface area (Å²) in [4.78, 5) is 20.6. The minimum atomic E-state index is -0.977. The molecule has 5 aromatic rings. The van der Waals surface area contributed by atoms with Crippen LogP contribution in [0.1, 0.15) is 16.7 Å². The maximum atomic E-state index is 13.8. The molecule has 0 spiro atoms. The van der Waals surface area contributed by atoms with Gasteiger partial charge < -0.3 is 15.3 Å². The number of amides is 1. The number of rotatable bonds is 2. The SMILES string of the molecule is O=C1Nc2ccccc2C1(c1c[nH]c2ccc(Br)cc12)c1c[nH]c2c(Br)cccc12. The summed E-state index contributed by atoms with van der Waals surface area (Å²) in [7, 11) is 0. The van der Waals surface area contributed by atoms with Crippen LogP contribution in [0.5, 0.6) is 0 Å². The highest BCUT2D eigenvalue weighted by Crippen LogP contribution is 2.51. The number of H-pyrrole nitrogens is 2. The standard InChI is InChI=1S/C24H15Br2N3O/c25-13-8-9-20-15(10-13)18(11-27-20)24(16-5-1-2-7-21(16)29-23(24)30)17-12-28-22-14(17)4-3-6-19(22)26/h1-12,27-28H,(H,29,30). The van der Waals surface area contributed by atoms with Crippen LogP contribution in [0.2, 0.25) is 0 Å². The number of nitrogens with one attached hydrogen (secondary N) is 3. The van der Waals surface area contributed by atoms with Crippen LogP contribution in [0.4, 0.5) is 5.69 Å². The molecule has 3 aromatic carbocycles. The molecule has 1 aliphatic heterocycles. The van der Waals surface area contributed by atoms with Gasteiger partial charge in [0.2, 0.25) is 5.91 Å². The maximum absolute atomic E-state index is 13.8.